The predicted octanol–water partition coefficient (Wildman–Crippen LogP) is 0.805. The lowest BCUT2D eigenvalue weighted by atomic mass is 10.1. The lowest BCUT2D eigenvalue weighted by molar-refractivity contribution is -0.141. The second-order valence-electron chi connectivity index (χ2n) is 5.74. The molecule has 0 radical (unpaired) electrons. The molecule has 2 unspecified atom stereocenters. The van der Waals surface area contributed by atoms with E-state index in [1.165, 1.54) is 17.7 Å². The Morgan fingerprint density at radius 3 is 2.45 bits per heavy atom. The van der Waals surface area contributed by atoms with Crippen molar-refractivity contribution in [3.63, 3.8) is 0 Å². The van der Waals surface area contributed by atoms with E-state index >= 15 is 0 Å². The van der Waals surface area contributed by atoms with Gasteiger partial charge in [0.05, 0.1) is 12.5 Å². The van der Waals surface area contributed by atoms with E-state index in [0.717, 1.165) is 25.7 Å². The normalized spacial score (nSPS) is 26.9. The lowest BCUT2D eigenvalue weighted by Crippen LogP contribution is -2.44. The number of rotatable bonds is 5. The number of carbonyl (C=O) groups is 2. The molecule has 114 valence electrons. The van der Waals surface area contributed by atoms with E-state index < -0.39 is 16.8 Å². The molecule has 1 aliphatic heterocycles. The molecule has 6 heteroatoms. The summed E-state index contributed by atoms with van der Waals surface area (Å²) in [4.78, 5) is 26.0. The van der Waals surface area contributed by atoms with Crippen LogP contribution < -0.4 is 5.32 Å². The van der Waals surface area contributed by atoms with Crippen molar-refractivity contribution < 1.29 is 13.8 Å². The highest BCUT2D eigenvalue weighted by Crippen LogP contribution is 2.26. The summed E-state index contributed by atoms with van der Waals surface area (Å²) < 4.78 is 11.0. The molecule has 0 aromatic heterocycles. The largest absolute Gasteiger partial charge is 0.305 e. The first-order valence-corrected chi connectivity index (χ1v) is 9.21. The Kier molecular flexibility index (Phi) is 5.72. The standard InChI is InChI=1S/C14H24N2O3S/c1-20(19)9-8-15-12-10-13(17)16(14(12)18)11-6-4-2-3-5-7-11/h11-12,15H,2-10H2,1H3. The minimum Gasteiger partial charge on any atom is -0.305 e. The van der Waals surface area contributed by atoms with Crippen molar-refractivity contribution in [2.45, 2.75) is 57.0 Å². The van der Waals surface area contributed by atoms with Gasteiger partial charge in [0, 0.05) is 35.4 Å². The molecular weight excluding hydrogens is 276 g/mol. The number of nitrogens with one attached hydrogen (secondary N) is 1. The lowest BCUT2D eigenvalue weighted by Gasteiger charge is -2.25. The van der Waals surface area contributed by atoms with Gasteiger partial charge in [0.1, 0.15) is 0 Å². The molecule has 1 saturated carbocycles. The van der Waals surface area contributed by atoms with Crippen molar-refractivity contribution in [2.24, 2.45) is 0 Å². The summed E-state index contributed by atoms with van der Waals surface area (Å²) in [5, 5.41) is 3.07. The molecular formula is C14H24N2O3S. The zero-order valence-electron chi connectivity index (χ0n) is 12.1. The van der Waals surface area contributed by atoms with Gasteiger partial charge in [-0.15, -0.1) is 0 Å². The van der Waals surface area contributed by atoms with E-state index in [0.29, 0.717) is 12.3 Å². The van der Waals surface area contributed by atoms with Gasteiger partial charge in [-0.05, 0) is 12.8 Å². The van der Waals surface area contributed by atoms with Crippen LogP contribution >= 0.6 is 0 Å². The fourth-order valence-corrected chi connectivity index (χ4v) is 3.49. The summed E-state index contributed by atoms with van der Waals surface area (Å²) in [6.07, 6.45) is 8.41. The minimum absolute atomic E-state index is 0.0444. The monoisotopic (exact) mass is 300 g/mol. The number of amides is 2. The second kappa shape index (κ2) is 7.31. The Morgan fingerprint density at radius 2 is 1.85 bits per heavy atom. The molecule has 2 aliphatic rings. The molecule has 20 heavy (non-hydrogen) atoms. The van der Waals surface area contributed by atoms with Crippen LogP contribution in [0.2, 0.25) is 0 Å². The van der Waals surface area contributed by atoms with Gasteiger partial charge < -0.3 is 5.32 Å². The molecule has 2 fully saturated rings. The number of hydrogen-bond donors (Lipinski definition) is 1. The Labute approximate surface area is 122 Å². The average molecular weight is 300 g/mol. The van der Waals surface area contributed by atoms with Crippen LogP contribution in [-0.2, 0) is 20.4 Å². The van der Waals surface area contributed by atoms with E-state index in [2.05, 4.69) is 5.32 Å². The Morgan fingerprint density at radius 1 is 1.20 bits per heavy atom. The van der Waals surface area contributed by atoms with Crippen molar-refractivity contribution in [1.29, 1.82) is 0 Å². The predicted molar refractivity (Wildman–Crippen MR) is 78.7 cm³/mol. The summed E-state index contributed by atoms with van der Waals surface area (Å²) in [6.45, 7) is 0.519. The average Bonchev–Trinajstić information content (AvgIpc) is 2.60. The van der Waals surface area contributed by atoms with E-state index in [1.807, 2.05) is 0 Å². The van der Waals surface area contributed by atoms with Crippen molar-refractivity contribution in [3.05, 3.63) is 0 Å². The van der Waals surface area contributed by atoms with Gasteiger partial charge in [0.2, 0.25) is 11.8 Å². The Bertz CT molecular complexity index is 392. The summed E-state index contributed by atoms with van der Waals surface area (Å²) in [5.74, 6) is 0.391. The molecule has 0 bridgehead atoms. The summed E-state index contributed by atoms with van der Waals surface area (Å²) >= 11 is 0. The third kappa shape index (κ3) is 3.88. The van der Waals surface area contributed by atoms with Crippen LogP contribution in [0.3, 0.4) is 0 Å². The number of imide groups is 1. The van der Waals surface area contributed by atoms with Gasteiger partial charge in [-0.3, -0.25) is 18.7 Å². The van der Waals surface area contributed by atoms with Crippen LogP contribution in [-0.4, -0.2) is 51.6 Å². The maximum absolute atomic E-state index is 12.4. The molecule has 2 amide bonds. The minimum atomic E-state index is -0.873. The molecule has 1 N–H and O–H groups in total. The molecule has 1 saturated heterocycles. The first-order valence-electron chi connectivity index (χ1n) is 7.49. The van der Waals surface area contributed by atoms with Crippen LogP contribution in [0.4, 0.5) is 0 Å². The number of hydrogen-bond acceptors (Lipinski definition) is 4. The first kappa shape index (κ1) is 15.6. The van der Waals surface area contributed by atoms with E-state index in [1.54, 1.807) is 6.26 Å². The van der Waals surface area contributed by atoms with Gasteiger partial charge in [-0.25, -0.2) is 0 Å². The maximum Gasteiger partial charge on any atom is 0.247 e. The second-order valence-corrected chi connectivity index (χ2v) is 7.29. The van der Waals surface area contributed by atoms with Crippen LogP contribution in [0.15, 0.2) is 0 Å². The number of nitrogens with zero attached hydrogens (tertiary/aromatic N) is 1. The zero-order valence-corrected chi connectivity index (χ0v) is 12.9. The molecule has 0 aromatic rings. The van der Waals surface area contributed by atoms with Crippen molar-refractivity contribution in [2.75, 3.05) is 18.6 Å². The van der Waals surface area contributed by atoms with Crippen molar-refractivity contribution in [3.8, 4) is 0 Å². The SMILES string of the molecule is CS(=O)CCNC1CC(=O)N(C2CCCCCC2)C1=O. The van der Waals surface area contributed by atoms with Gasteiger partial charge in [0.25, 0.3) is 0 Å². The smallest absolute Gasteiger partial charge is 0.247 e. The van der Waals surface area contributed by atoms with E-state index in [4.69, 9.17) is 0 Å². The first-order chi connectivity index (χ1) is 9.59. The third-order valence-corrected chi connectivity index (χ3v) is 4.93. The highest BCUT2D eigenvalue weighted by molar-refractivity contribution is 7.84. The number of likely N-dealkylation sites (tertiary alicyclic amines) is 1. The van der Waals surface area contributed by atoms with Gasteiger partial charge >= 0.3 is 0 Å². The topological polar surface area (TPSA) is 66.5 Å². The van der Waals surface area contributed by atoms with E-state index in [-0.39, 0.29) is 24.3 Å². The van der Waals surface area contributed by atoms with Crippen molar-refractivity contribution in [1.82, 2.24) is 10.2 Å². The zero-order chi connectivity index (χ0) is 14.5. The summed E-state index contributed by atoms with van der Waals surface area (Å²) in [5.41, 5.74) is 0. The van der Waals surface area contributed by atoms with Gasteiger partial charge in [0.15, 0.2) is 0 Å². The molecule has 2 rings (SSSR count). The van der Waals surface area contributed by atoms with Crippen LogP contribution in [0.5, 0.6) is 0 Å². The molecule has 1 heterocycles. The van der Waals surface area contributed by atoms with Gasteiger partial charge in [-0.2, -0.15) is 0 Å². The highest BCUT2D eigenvalue weighted by atomic mass is 32.2. The van der Waals surface area contributed by atoms with Crippen LogP contribution in [0, 0.1) is 0 Å². The van der Waals surface area contributed by atoms with Crippen molar-refractivity contribution >= 4 is 22.6 Å². The molecule has 5 nitrogen and oxygen atoms in total. The number of carbonyl (C=O) groups excluding carboxylic acids is 2. The van der Waals surface area contributed by atoms with Crippen LogP contribution in [0.1, 0.15) is 44.9 Å². The molecule has 2 atom stereocenters. The maximum atomic E-state index is 12.4. The molecule has 0 aromatic carbocycles. The fraction of sp³-hybridized carbons (Fsp3) is 0.857. The fourth-order valence-electron chi connectivity index (χ4n) is 3.09. The van der Waals surface area contributed by atoms with Crippen LogP contribution in [0.25, 0.3) is 0 Å². The Balaban J connectivity index is 1.92. The molecule has 0 spiro atoms. The van der Waals surface area contributed by atoms with Gasteiger partial charge in [-0.1, -0.05) is 25.7 Å². The Hall–Kier alpha value is -0.750. The summed E-state index contributed by atoms with van der Waals surface area (Å²) in [7, 11) is -0.873. The molecule has 1 aliphatic carbocycles. The third-order valence-electron chi connectivity index (χ3n) is 4.15. The highest BCUT2D eigenvalue weighted by Gasteiger charge is 2.41. The summed E-state index contributed by atoms with van der Waals surface area (Å²) in [6, 6.07) is -0.307. The van der Waals surface area contributed by atoms with E-state index in [9.17, 15) is 13.8 Å². The quantitative estimate of drug-likeness (QED) is 0.602.